The number of anilines is 3. The number of rotatable bonds is 4. The number of para-hydroxylation sites is 2. The van der Waals surface area contributed by atoms with Crippen LogP contribution >= 0.6 is 23.1 Å². The fraction of sp³-hybridized carbons (Fsp3) is 0.0169. The van der Waals surface area contributed by atoms with Gasteiger partial charge in [-0.1, -0.05) is 163 Å². The van der Waals surface area contributed by atoms with Crippen LogP contribution in [0.1, 0.15) is 22.3 Å². The van der Waals surface area contributed by atoms with Crippen molar-refractivity contribution in [3.63, 3.8) is 0 Å². The average Bonchev–Trinajstić information content (AvgIpc) is 3.89. The normalized spacial score (nSPS) is 15.0. The third kappa shape index (κ3) is 4.85. The lowest BCUT2D eigenvalue weighted by Crippen LogP contribution is -2.36. The number of nitrogens with zero attached hydrogens (tertiary/aromatic N) is 2. The predicted octanol–water partition coefficient (Wildman–Crippen LogP) is 16.6. The van der Waals surface area contributed by atoms with E-state index in [1.807, 2.05) is 23.1 Å². The molecule has 2 aliphatic rings. The SMILES string of the molecule is c1ccc(N(c2ccc3c(c2)Sc2ccccc2C32c3ccccc3-c3cccc4cccc2c34)c2ccc3c4ccccc4n(-c4cccc5sc6ccccc6c45)c3c2)cc1. The number of fused-ring (bicyclic) bond motifs is 14. The topological polar surface area (TPSA) is 8.17 Å². The van der Waals surface area contributed by atoms with Crippen LogP contribution in [0.25, 0.3) is 69.6 Å². The van der Waals surface area contributed by atoms with Crippen molar-refractivity contribution in [3.05, 3.63) is 241 Å². The van der Waals surface area contributed by atoms with E-state index in [1.165, 1.54) is 102 Å². The number of thiophene rings is 1. The third-order valence-electron chi connectivity index (χ3n) is 13.6. The molecule has 1 unspecified atom stereocenters. The van der Waals surface area contributed by atoms with Crippen molar-refractivity contribution in [2.24, 2.45) is 0 Å². The van der Waals surface area contributed by atoms with Gasteiger partial charge in [0.2, 0.25) is 0 Å². The summed E-state index contributed by atoms with van der Waals surface area (Å²) in [5.41, 5.74) is 14.4. The minimum Gasteiger partial charge on any atom is -0.310 e. The van der Waals surface area contributed by atoms with E-state index < -0.39 is 5.41 Å². The molecule has 0 saturated carbocycles. The first-order valence-electron chi connectivity index (χ1n) is 21.6. The Balaban J connectivity index is 1.02. The maximum absolute atomic E-state index is 2.50. The monoisotopic (exact) mass is 836 g/mol. The molecule has 1 spiro atoms. The van der Waals surface area contributed by atoms with Crippen LogP contribution in [0.3, 0.4) is 0 Å². The van der Waals surface area contributed by atoms with Gasteiger partial charge in [-0.25, -0.2) is 0 Å². The van der Waals surface area contributed by atoms with Crippen molar-refractivity contribution < 1.29 is 0 Å². The van der Waals surface area contributed by atoms with E-state index in [0.29, 0.717) is 0 Å². The molecular formula is C59H36N2S2. The molecule has 0 radical (unpaired) electrons. The van der Waals surface area contributed by atoms with Crippen LogP contribution in [0, 0.1) is 0 Å². The molecule has 2 nitrogen and oxygen atoms in total. The quantitative estimate of drug-likeness (QED) is 0.174. The van der Waals surface area contributed by atoms with E-state index in [4.69, 9.17) is 0 Å². The van der Waals surface area contributed by atoms with E-state index >= 15 is 0 Å². The second kappa shape index (κ2) is 13.3. The molecule has 294 valence electrons. The van der Waals surface area contributed by atoms with Crippen LogP contribution in [0.15, 0.2) is 228 Å². The van der Waals surface area contributed by atoms with Gasteiger partial charge in [0.15, 0.2) is 0 Å². The molecule has 63 heavy (non-hydrogen) atoms. The van der Waals surface area contributed by atoms with E-state index in [-0.39, 0.29) is 0 Å². The van der Waals surface area contributed by atoms with Crippen molar-refractivity contribution in [1.82, 2.24) is 4.57 Å². The molecular weight excluding hydrogens is 801 g/mol. The molecule has 0 N–H and O–H groups in total. The molecule has 12 aromatic rings. The zero-order valence-corrected chi connectivity index (χ0v) is 35.6. The Bertz CT molecular complexity index is 3850. The molecule has 0 amide bonds. The van der Waals surface area contributed by atoms with Crippen molar-refractivity contribution in [3.8, 4) is 16.8 Å². The first-order valence-corrected chi connectivity index (χ1v) is 23.2. The zero-order chi connectivity index (χ0) is 41.2. The van der Waals surface area contributed by atoms with Gasteiger partial charge in [0.1, 0.15) is 0 Å². The van der Waals surface area contributed by atoms with Crippen LogP contribution < -0.4 is 4.90 Å². The first kappa shape index (κ1) is 35.2. The highest BCUT2D eigenvalue weighted by atomic mass is 32.2. The van der Waals surface area contributed by atoms with Crippen LogP contribution in [0.2, 0.25) is 0 Å². The summed E-state index contributed by atoms with van der Waals surface area (Å²) in [6, 6.07) is 81.6. The van der Waals surface area contributed by atoms with Crippen LogP contribution in [-0.4, -0.2) is 4.57 Å². The maximum Gasteiger partial charge on any atom is 0.0735 e. The summed E-state index contributed by atoms with van der Waals surface area (Å²) in [7, 11) is 0. The van der Waals surface area contributed by atoms with Gasteiger partial charge in [0, 0.05) is 57.8 Å². The van der Waals surface area contributed by atoms with Gasteiger partial charge >= 0.3 is 0 Å². The van der Waals surface area contributed by atoms with Crippen LogP contribution in [0.5, 0.6) is 0 Å². The summed E-state index contributed by atoms with van der Waals surface area (Å²) in [4.78, 5) is 5.01. The van der Waals surface area contributed by atoms with Gasteiger partial charge in [0.05, 0.1) is 22.1 Å². The van der Waals surface area contributed by atoms with Gasteiger partial charge in [-0.15, -0.1) is 11.3 Å². The molecule has 1 aliphatic carbocycles. The molecule has 1 atom stereocenters. The van der Waals surface area contributed by atoms with Crippen molar-refractivity contribution in [2.75, 3.05) is 4.90 Å². The fourth-order valence-electron chi connectivity index (χ4n) is 11.1. The Morgan fingerprint density at radius 2 is 1.03 bits per heavy atom. The summed E-state index contributed by atoms with van der Waals surface area (Å²) < 4.78 is 5.11. The largest absolute Gasteiger partial charge is 0.310 e. The second-order valence-corrected chi connectivity index (χ2v) is 18.9. The summed E-state index contributed by atoms with van der Waals surface area (Å²) in [5, 5.41) is 7.71. The van der Waals surface area contributed by atoms with E-state index in [2.05, 4.69) is 228 Å². The Morgan fingerprint density at radius 3 is 1.95 bits per heavy atom. The molecule has 4 heteroatoms. The first-order chi connectivity index (χ1) is 31.3. The minimum absolute atomic E-state index is 0.496. The van der Waals surface area contributed by atoms with Gasteiger partial charge in [-0.2, -0.15) is 0 Å². The highest BCUT2D eigenvalue weighted by molar-refractivity contribution is 7.99. The molecule has 0 bridgehead atoms. The molecule has 2 aromatic heterocycles. The molecule has 0 fully saturated rings. The zero-order valence-electron chi connectivity index (χ0n) is 34.0. The number of hydrogen-bond acceptors (Lipinski definition) is 3. The van der Waals surface area contributed by atoms with Gasteiger partial charge in [-0.05, 0) is 111 Å². The summed E-state index contributed by atoms with van der Waals surface area (Å²) in [6.45, 7) is 0. The molecule has 0 saturated heterocycles. The molecule has 1 aliphatic heterocycles. The number of aromatic nitrogens is 1. The minimum atomic E-state index is -0.496. The van der Waals surface area contributed by atoms with E-state index in [9.17, 15) is 0 Å². The maximum atomic E-state index is 2.50. The van der Waals surface area contributed by atoms with Crippen molar-refractivity contribution in [1.29, 1.82) is 0 Å². The Kier molecular flexibility index (Phi) is 7.45. The lowest BCUT2D eigenvalue weighted by Gasteiger charge is -2.46. The summed E-state index contributed by atoms with van der Waals surface area (Å²) in [6.07, 6.45) is 0. The van der Waals surface area contributed by atoms with Gasteiger partial charge < -0.3 is 9.47 Å². The lowest BCUT2D eigenvalue weighted by atomic mass is 9.59. The van der Waals surface area contributed by atoms with Crippen LogP contribution in [-0.2, 0) is 5.41 Å². The Morgan fingerprint density at radius 1 is 0.381 bits per heavy atom. The summed E-state index contributed by atoms with van der Waals surface area (Å²) in [5.74, 6) is 0. The molecule has 3 heterocycles. The standard InChI is InChI=1S/C59H36N2S2/c1-2-17-38(18-3-1)60(39-31-33-43-42-20-5-9-26-50(42)61(52(43)35-39)51-27-14-30-55-58(51)45-21-6-10-28-53(45)62-55)40-32-34-48-56(36-40)63-54-29-11-8-24-47(54)59(48)46-23-7-4-19-41(46)44-22-12-15-37-16-13-25-49(59)57(37)44/h1-36H. The van der Waals surface area contributed by atoms with E-state index in [1.54, 1.807) is 0 Å². The smallest absolute Gasteiger partial charge is 0.0735 e. The predicted molar refractivity (Wildman–Crippen MR) is 267 cm³/mol. The highest BCUT2D eigenvalue weighted by Gasteiger charge is 2.48. The highest BCUT2D eigenvalue weighted by Crippen LogP contribution is 2.62. The summed E-state index contributed by atoms with van der Waals surface area (Å²) >= 11 is 3.77. The van der Waals surface area contributed by atoms with E-state index in [0.717, 1.165) is 17.1 Å². The Labute approximate surface area is 372 Å². The Hall–Kier alpha value is -7.37. The van der Waals surface area contributed by atoms with Crippen molar-refractivity contribution >= 4 is 92.9 Å². The number of hydrogen-bond donors (Lipinski definition) is 0. The van der Waals surface area contributed by atoms with Gasteiger partial charge in [0.25, 0.3) is 0 Å². The molecule has 10 aromatic carbocycles. The van der Waals surface area contributed by atoms with Crippen LogP contribution in [0.4, 0.5) is 17.1 Å². The fourth-order valence-corrected chi connectivity index (χ4v) is 13.5. The third-order valence-corrected chi connectivity index (χ3v) is 15.9. The van der Waals surface area contributed by atoms with Crippen molar-refractivity contribution in [2.45, 2.75) is 15.2 Å². The van der Waals surface area contributed by atoms with Gasteiger partial charge in [-0.3, -0.25) is 0 Å². The second-order valence-electron chi connectivity index (χ2n) is 16.8. The lowest BCUT2D eigenvalue weighted by molar-refractivity contribution is 0.707. The molecule has 14 rings (SSSR count). The number of benzene rings is 10. The average molecular weight is 837 g/mol.